The van der Waals surface area contributed by atoms with Crippen LogP contribution in [0.15, 0.2) is 47.0 Å². The summed E-state index contributed by atoms with van der Waals surface area (Å²) in [6.45, 7) is 1.08. The molecule has 2 aromatic carbocycles. The van der Waals surface area contributed by atoms with Gasteiger partial charge >= 0.3 is 5.97 Å². The van der Waals surface area contributed by atoms with Crippen molar-refractivity contribution in [2.24, 2.45) is 0 Å². The van der Waals surface area contributed by atoms with Crippen molar-refractivity contribution in [3.8, 4) is 28.7 Å². The minimum Gasteiger partial charge on any atom is -0.493 e. The predicted molar refractivity (Wildman–Crippen MR) is 129 cm³/mol. The molecule has 11 heteroatoms. The van der Waals surface area contributed by atoms with Crippen molar-refractivity contribution in [3.05, 3.63) is 54.0 Å². The molecule has 0 radical (unpaired) electrons. The molecule has 0 aliphatic heterocycles. The van der Waals surface area contributed by atoms with E-state index >= 15 is 0 Å². The van der Waals surface area contributed by atoms with Gasteiger partial charge in [-0.2, -0.15) is 0 Å². The molecule has 2 heterocycles. The Bertz CT molecular complexity index is 1350. The zero-order chi connectivity index (χ0) is 25.7. The molecule has 36 heavy (non-hydrogen) atoms. The number of nitrogens with one attached hydrogen (secondary N) is 2. The van der Waals surface area contributed by atoms with E-state index < -0.39 is 12.0 Å². The maximum Gasteiger partial charge on any atom is 0.329 e. The first-order valence-electron chi connectivity index (χ1n) is 11.0. The zero-order valence-corrected chi connectivity index (χ0v) is 20.3. The molecule has 4 aromatic rings. The van der Waals surface area contributed by atoms with Gasteiger partial charge in [-0.05, 0) is 23.8 Å². The Hall–Kier alpha value is -4.54. The van der Waals surface area contributed by atoms with Gasteiger partial charge < -0.3 is 33.7 Å². The lowest BCUT2D eigenvalue weighted by atomic mass is 10.0. The predicted octanol–water partition coefficient (Wildman–Crippen LogP) is 3.03. The summed E-state index contributed by atoms with van der Waals surface area (Å²) in [4.78, 5) is 27.7. The van der Waals surface area contributed by atoms with Crippen LogP contribution in [0.3, 0.4) is 0 Å². The number of carbonyl (C=O) groups excluding carboxylic acids is 2. The van der Waals surface area contributed by atoms with Gasteiger partial charge in [-0.15, -0.1) is 10.2 Å². The van der Waals surface area contributed by atoms with Crippen molar-refractivity contribution in [1.29, 1.82) is 0 Å². The minimum atomic E-state index is -0.890. The molecule has 1 unspecified atom stereocenters. The van der Waals surface area contributed by atoms with Gasteiger partial charge in [0.05, 0.1) is 21.3 Å². The Morgan fingerprint density at radius 2 is 1.78 bits per heavy atom. The molecule has 0 bridgehead atoms. The average molecular weight is 495 g/mol. The molecule has 1 amide bonds. The number of amides is 1. The van der Waals surface area contributed by atoms with Gasteiger partial charge in [-0.3, -0.25) is 4.79 Å². The van der Waals surface area contributed by atoms with E-state index in [1.54, 1.807) is 12.1 Å². The minimum absolute atomic E-state index is 0.0840. The number of nitrogens with zero attached hydrogens (tertiary/aromatic N) is 2. The monoisotopic (exact) mass is 494 g/mol. The summed E-state index contributed by atoms with van der Waals surface area (Å²) in [6.07, 6.45) is 2.07. The number of hydrogen-bond donors (Lipinski definition) is 2. The quantitative estimate of drug-likeness (QED) is 0.319. The highest BCUT2D eigenvalue weighted by atomic mass is 16.5. The number of ether oxygens (including phenoxy) is 4. The largest absolute Gasteiger partial charge is 0.493 e. The van der Waals surface area contributed by atoms with Crippen LogP contribution in [0.5, 0.6) is 17.2 Å². The second kappa shape index (κ2) is 10.8. The first-order valence-corrected chi connectivity index (χ1v) is 11.0. The average Bonchev–Trinajstić information content (AvgIpc) is 3.53. The fourth-order valence-corrected chi connectivity index (χ4v) is 3.83. The van der Waals surface area contributed by atoms with Gasteiger partial charge in [0.15, 0.2) is 18.1 Å². The first kappa shape index (κ1) is 24.6. The number of hydrogen-bond acceptors (Lipinski definition) is 9. The van der Waals surface area contributed by atoms with Gasteiger partial charge in [-0.1, -0.05) is 18.2 Å². The van der Waals surface area contributed by atoms with Crippen LogP contribution in [0.4, 0.5) is 0 Å². The number of benzene rings is 2. The smallest absolute Gasteiger partial charge is 0.329 e. The SMILES string of the molecule is COc1cc(-c2nnc(COC(=O)C(Cc3c[nH]c4ccccc34)NC(C)=O)o2)cc(OC)c1OC. The molecule has 2 N–H and O–H groups in total. The number of methoxy groups -OCH3 is 3. The Balaban J connectivity index is 1.47. The van der Waals surface area contributed by atoms with Crippen LogP contribution in [0.2, 0.25) is 0 Å². The normalized spacial score (nSPS) is 11.7. The van der Waals surface area contributed by atoms with Crippen molar-refractivity contribution in [1.82, 2.24) is 20.5 Å². The Labute approximate surface area is 206 Å². The molecule has 0 spiro atoms. The Kier molecular flexibility index (Phi) is 7.38. The summed E-state index contributed by atoms with van der Waals surface area (Å²) in [7, 11) is 4.51. The highest BCUT2D eigenvalue weighted by Gasteiger charge is 2.24. The molecular weight excluding hydrogens is 468 g/mol. The lowest BCUT2D eigenvalue weighted by Crippen LogP contribution is -2.42. The fourth-order valence-electron chi connectivity index (χ4n) is 3.83. The number of rotatable bonds is 10. The molecule has 0 aliphatic carbocycles. The van der Waals surface area contributed by atoms with Gasteiger partial charge in [0.25, 0.3) is 5.89 Å². The lowest BCUT2D eigenvalue weighted by molar-refractivity contribution is -0.149. The van der Waals surface area contributed by atoms with Gasteiger partial charge in [0.1, 0.15) is 6.04 Å². The van der Waals surface area contributed by atoms with Crippen molar-refractivity contribution in [2.45, 2.75) is 26.0 Å². The summed E-state index contributed by atoms with van der Waals surface area (Å²) in [5.74, 6) is 0.569. The third-order valence-electron chi connectivity index (χ3n) is 5.48. The van der Waals surface area contributed by atoms with Gasteiger partial charge in [0, 0.05) is 36.0 Å². The summed E-state index contributed by atoms with van der Waals surface area (Å²) in [5.41, 5.74) is 2.35. The van der Waals surface area contributed by atoms with Gasteiger partial charge in [-0.25, -0.2) is 4.79 Å². The molecule has 0 saturated heterocycles. The first-order chi connectivity index (χ1) is 17.4. The van der Waals surface area contributed by atoms with E-state index in [1.807, 2.05) is 30.5 Å². The van der Waals surface area contributed by atoms with Crippen LogP contribution in [0.25, 0.3) is 22.4 Å². The third kappa shape index (κ3) is 5.24. The lowest BCUT2D eigenvalue weighted by Gasteiger charge is -2.16. The number of fused-ring (bicyclic) bond motifs is 1. The summed E-state index contributed by atoms with van der Waals surface area (Å²) in [5, 5.41) is 11.6. The van der Waals surface area contributed by atoms with Crippen LogP contribution in [-0.4, -0.2) is 54.4 Å². The standard InChI is InChI=1S/C25H26N4O7/c1-14(30)27-19(9-16-12-26-18-8-6-5-7-17(16)18)25(31)35-13-22-28-29-24(36-22)15-10-20(32-2)23(34-4)21(11-15)33-3/h5-8,10-12,19,26H,9,13H2,1-4H3,(H,27,30). The van der Waals surface area contributed by atoms with Crippen LogP contribution < -0.4 is 19.5 Å². The Morgan fingerprint density at radius 1 is 1.06 bits per heavy atom. The van der Waals surface area contributed by atoms with Crippen LogP contribution in [0.1, 0.15) is 18.4 Å². The van der Waals surface area contributed by atoms with Crippen LogP contribution in [-0.2, 0) is 27.4 Å². The number of esters is 1. The van der Waals surface area contributed by atoms with E-state index in [-0.39, 0.29) is 30.7 Å². The number of aromatic nitrogens is 3. The number of H-pyrrole nitrogens is 1. The topological polar surface area (TPSA) is 138 Å². The summed E-state index contributed by atoms with van der Waals surface area (Å²) >= 11 is 0. The molecule has 11 nitrogen and oxygen atoms in total. The van der Waals surface area contributed by atoms with Gasteiger partial charge in [0.2, 0.25) is 17.5 Å². The highest BCUT2D eigenvalue weighted by molar-refractivity contribution is 5.86. The fraction of sp³-hybridized carbons (Fsp3) is 0.280. The molecule has 0 fully saturated rings. The van der Waals surface area contributed by atoms with Crippen LogP contribution in [0, 0.1) is 0 Å². The molecular formula is C25H26N4O7. The van der Waals surface area contributed by atoms with E-state index in [1.165, 1.54) is 28.3 Å². The van der Waals surface area contributed by atoms with Crippen molar-refractivity contribution < 1.29 is 33.0 Å². The highest BCUT2D eigenvalue weighted by Crippen LogP contribution is 2.40. The number of para-hydroxylation sites is 1. The number of carbonyl (C=O) groups is 2. The molecule has 188 valence electrons. The van der Waals surface area contributed by atoms with E-state index in [4.69, 9.17) is 23.4 Å². The van der Waals surface area contributed by atoms with E-state index in [2.05, 4.69) is 20.5 Å². The Morgan fingerprint density at radius 3 is 2.44 bits per heavy atom. The maximum atomic E-state index is 12.8. The molecule has 1 atom stereocenters. The second-order valence-electron chi connectivity index (χ2n) is 7.84. The molecule has 0 aliphatic rings. The third-order valence-corrected chi connectivity index (χ3v) is 5.48. The number of aromatic amines is 1. The van der Waals surface area contributed by atoms with E-state index in [0.717, 1.165) is 16.5 Å². The summed E-state index contributed by atoms with van der Waals surface area (Å²) < 4.78 is 27.1. The molecule has 0 saturated carbocycles. The maximum absolute atomic E-state index is 12.8. The molecule has 2 aromatic heterocycles. The molecule has 4 rings (SSSR count). The van der Waals surface area contributed by atoms with Crippen molar-refractivity contribution in [2.75, 3.05) is 21.3 Å². The van der Waals surface area contributed by atoms with Crippen molar-refractivity contribution >= 4 is 22.8 Å². The van der Waals surface area contributed by atoms with Crippen LogP contribution >= 0.6 is 0 Å². The van der Waals surface area contributed by atoms with E-state index in [0.29, 0.717) is 22.8 Å². The van der Waals surface area contributed by atoms with E-state index in [9.17, 15) is 9.59 Å². The summed E-state index contributed by atoms with van der Waals surface area (Å²) in [6, 6.07) is 10.1. The van der Waals surface area contributed by atoms with Crippen molar-refractivity contribution in [3.63, 3.8) is 0 Å². The second-order valence-corrected chi connectivity index (χ2v) is 7.84. The zero-order valence-electron chi connectivity index (χ0n) is 20.3.